The number of benzene rings is 1. The Hall–Kier alpha value is -1.12. The summed E-state index contributed by atoms with van der Waals surface area (Å²) in [5.41, 5.74) is -0.861. The lowest BCUT2D eigenvalue weighted by molar-refractivity contribution is -0.137. The molecule has 0 unspecified atom stereocenters. The molecule has 1 aliphatic rings. The van der Waals surface area contributed by atoms with Gasteiger partial charge in [0.2, 0.25) is 10.0 Å². The maximum absolute atomic E-state index is 12.5. The van der Waals surface area contributed by atoms with E-state index in [4.69, 9.17) is 0 Å². The van der Waals surface area contributed by atoms with Crippen LogP contribution in [-0.4, -0.2) is 39.5 Å². The van der Waals surface area contributed by atoms with Crippen molar-refractivity contribution in [2.24, 2.45) is 0 Å². The summed E-state index contributed by atoms with van der Waals surface area (Å²) in [5.74, 6) is 0. The minimum Gasteiger partial charge on any atom is -0.302 e. The van der Waals surface area contributed by atoms with Crippen molar-refractivity contribution in [3.05, 3.63) is 29.8 Å². The van der Waals surface area contributed by atoms with E-state index in [1.54, 1.807) is 0 Å². The van der Waals surface area contributed by atoms with Gasteiger partial charge in [-0.3, -0.25) is 0 Å². The molecule has 2 rings (SSSR count). The molecule has 0 aliphatic carbocycles. The van der Waals surface area contributed by atoms with Gasteiger partial charge in [0.15, 0.2) is 0 Å². The predicted molar refractivity (Wildman–Crippen MR) is 76.9 cm³/mol. The molecule has 1 aliphatic heterocycles. The number of alkyl halides is 3. The molecule has 124 valence electrons. The van der Waals surface area contributed by atoms with Crippen molar-refractivity contribution in [3.8, 4) is 0 Å². The molecule has 1 aromatic carbocycles. The molecule has 0 bridgehead atoms. The molecule has 0 radical (unpaired) electrons. The standard InChI is InChI=1S/C14H19F3N2O2S/c15-14(16,17)12-4-6-13(7-5-12)22(20,21)18-8-11-19-9-2-1-3-10-19/h4-7,18H,1-3,8-11H2. The van der Waals surface area contributed by atoms with Crippen LogP contribution in [0.1, 0.15) is 24.8 Å². The van der Waals surface area contributed by atoms with E-state index in [0.717, 1.165) is 50.2 Å². The lowest BCUT2D eigenvalue weighted by atomic mass is 10.1. The van der Waals surface area contributed by atoms with Crippen LogP contribution in [0.4, 0.5) is 13.2 Å². The van der Waals surface area contributed by atoms with Crippen LogP contribution < -0.4 is 4.72 Å². The van der Waals surface area contributed by atoms with Crippen molar-refractivity contribution in [3.63, 3.8) is 0 Å². The number of rotatable bonds is 5. The van der Waals surface area contributed by atoms with Gasteiger partial charge < -0.3 is 4.90 Å². The highest BCUT2D eigenvalue weighted by atomic mass is 32.2. The number of piperidine rings is 1. The third-order valence-electron chi connectivity index (χ3n) is 3.66. The van der Waals surface area contributed by atoms with E-state index in [1.807, 2.05) is 0 Å². The average Bonchev–Trinajstić information content (AvgIpc) is 2.47. The Balaban J connectivity index is 1.92. The fraction of sp³-hybridized carbons (Fsp3) is 0.571. The molecule has 0 amide bonds. The summed E-state index contributed by atoms with van der Waals surface area (Å²) in [6, 6.07) is 3.51. The van der Waals surface area contributed by atoms with Crippen molar-refractivity contribution >= 4 is 10.0 Å². The molecule has 0 spiro atoms. The Bertz CT molecular complexity index is 579. The van der Waals surface area contributed by atoms with Gasteiger partial charge in [-0.2, -0.15) is 13.2 Å². The maximum Gasteiger partial charge on any atom is 0.416 e. The molecule has 1 saturated heterocycles. The van der Waals surface area contributed by atoms with Gasteiger partial charge in [0, 0.05) is 13.1 Å². The first kappa shape index (κ1) is 17.2. The van der Waals surface area contributed by atoms with Crippen molar-refractivity contribution in [2.75, 3.05) is 26.2 Å². The molecule has 0 atom stereocenters. The second-order valence-electron chi connectivity index (χ2n) is 5.32. The zero-order chi connectivity index (χ0) is 16.2. The Morgan fingerprint density at radius 3 is 2.18 bits per heavy atom. The van der Waals surface area contributed by atoms with Crippen molar-refractivity contribution in [1.82, 2.24) is 9.62 Å². The Morgan fingerprint density at radius 2 is 1.64 bits per heavy atom. The summed E-state index contributed by atoms with van der Waals surface area (Å²) in [7, 11) is -3.77. The summed E-state index contributed by atoms with van der Waals surface area (Å²) in [6.45, 7) is 2.78. The third-order valence-corrected chi connectivity index (χ3v) is 5.14. The number of nitrogens with one attached hydrogen (secondary N) is 1. The van der Waals surface area contributed by atoms with Crippen molar-refractivity contribution in [1.29, 1.82) is 0 Å². The number of likely N-dealkylation sites (tertiary alicyclic amines) is 1. The number of sulfonamides is 1. The quantitative estimate of drug-likeness (QED) is 0.899. The SMILES string of the molecule is O=S(=O)(NCCN1CCCCC1)c1ccc(C(F)(F)F)cc1. The van der Waals surface area contributed by atoms with Gasteiger partial charge >= 0.3 is 6.18 Å². The average molecular weight is 336 g/mol. The molecule has 22 heavy (non-hydrogen) atoms. The summed E-state index contributed by atoms with van der Waals surface area (Å²) < 4.78 is 63.8. The fourth-order valence-electron chi connectivity index (χ4n) is 2.43. The molecule has 1 heterocycles. The summed E-state index contributed by atoms with van der Waals surface area (Å²) in [5, 5.41) is 0. The van der Waals surface area contributed by atoms with E-state index in [9.17, 15) is 21.6 Å². The van der Waals surface area contributed by atoms with Gasteiger partial charge in [-0.25, -0.2) is 13.1 Å². The van der Waals surface area contributed by atoms with Crippen molar-refractivity contribution < 1.29 is 21.6 Å². The zero-order valence-corrected chi connectivity index (χ0v) is 12.9. The molecule has 4 nitrogen and oxygen atoms in total. The Morgan fingerprint density at radius 1 is 1.05 bits per heavy atom. The molecular formula is C14H19F3N2O2S. The van der Waals surface area contributed by atoms with Crippen LogP contribution in [0.25, 0.3) is 0 Å². The number of hydrogen-bond donors (Lipinski definition) is 1. The molecule has 1 N–H and O–H groups in total. The van der Waals surface area contributed by atoms with Gasteiger partial charge in [0.1, 0.15) is 0 Å². The van der Waals surface area contributed by atoms with Gasteiger partial charge in [-0.1, -0.05) is 6.42 Å². The highest BCUT2D eigenvalue weighted by Crippen LogP contribution is 2.29. The lowest BCUT2D eigenvalue weighted by Gasteiger charge is -2.26. The minimum absolute atomic E-state index is 0.154. The largest absolute Gasteiger partial charge is 0.416 e. The Labute approximate surface area is 128 Å². The van der Waals surface area contributed by atoms with Crippen LogP contribution in [0.15, 0.2) is 29.2 Å². The van der Waals surface area contributed by atoms with Crippen LogP contribution in [0.5, 0.6) is 0 Å². The molecular weight excluding hydrogens is 317 g/mol. The predicted octanol–water partition coefficient (Wildman–Crippen LogP) is 2.47. The van der Waals surface area contributed by atoms with Gasteiger partial charge in [0.25, 0.3) is 0 Å². The fourth-order valence-corrected chi connectivity index (χ4v) is 3.45. The lowest BCUT2D eigenvalue weighted by Crippen LogP contribution is -2.37. The summed E-state index contributed by atoms with van der Waals surface area (Å²) in [4.78, 5) is 2.03. The highest BCUT2D eigenvalue weighted by molar-refractivity contribution is 7.89. The molecule has 0 saturated carbocycles. The van der Waals surface area contributed by atoms with Crippen LogP contribution in [0.3, 0.4) is 0 Å². The van der Waals surface area contributed by atoms with Gasteiger partial charge in [-0.05, 0) is 50.2 Å². The van der Waals surface area contributed by atoms with E-state index >= 15 is 0 Å². The zero-order valence-electron chi connectivity index (χ0n) is 12.1. The van der Waals surface area contributed by atoms with Crippen LogP contribution in [-0.2, 0) is 16.2 Å². The Kier molecular flexibility index (Phi) is 5.46. The van der Waals surface area contributed by atoms with Crippen LogP contribution in [0, 0.1) is 0 Å². The van der Waals surface area contributed by atoms with Crippen LogP contribution >= 0.6 is 0 Å². The summed E-state index contributed by atoms with van der Waals surface area (Å²) in [6.07, 6.45) is -1.03. The van der Waals surface area contributed by atoms with Crippen LogP contribution in [0.2, 0.25) is 0 Å². The van der Waals surface area contributed by atoms with E-state index in [-0.39, 0.29) is 11.4 Å². The monoisotopic (exact) mass is 336 g/mol. The number of nitrogens with zero attached hydrogens (tertiary/aromatic N) is 1. The van der Waals surface area contributed by atoms with E-state index in [1.165, 1.54) is 6.42 Å². The van der Waals surface area contributed by atoms with E-state index in [2.05, 4.69) is 9.62 Å². The number of halogens is 3. The maximum atomic E-state index is 12.5. The first-order valence-corrected chi connectivity index (χ1v) is 8.67. The second-order valence-corrected chi connectivity index (χ2v) is 7.09. The van der Waals surface area contributed by atoms with Crippen molar-refractivity contribution in [2.45, 2.75) is 30.3 Å². The second kappa shape index (κ2) is 6.97. The van der Waals surface area contributed by atoms with Gasteiger partial charge in [0.05, 0.1) is 10.5 Å². The normalized spacial score (nSPS) is 17.6. The topological polar surface area (TPSA) is 49.4 Å². The highest BCUT2D eigenvalue weighted by Gasteiger charge is 2.30. The first-order chi connectivity index (χ1) is 10.3. The molecule has 8 heteroatoms. The minimum atomic E-state index is -4.47. The molecule has 0 aromatic heterocycles. The molecule has 1 fully saturated rings. The number of hydrogen-bond acceptors (Lipinski definition) is 3. The smallest absolute Gasteiger partial charge is 0.302 e. The molecule has 1 aromatic rings. The van der Waals surface area contributed by atoms with E-state index < -0.39 is 21.8 Å². The third kappa shape index (κ3) is 4.69. The summed E-state index contributed by atoms with van der Waals surface area (Å²) >= 11 is 0. The van der Waals surface area contributed by atoms with Gasteiger partial charge in [-0.15, -0.1) is 0 Å². The van der Waals surface area contributed by atoms with E-state index in [0.29, 0.717) is 6.54 Å². The first-order valence-electron chi connectivity index (χ1n) is 7.18.